The van der Waals surface area contributed by atoms with E-state index in [-0.39, 0.29) is 5.91 Å². The third-order valence-electron chi connectivity index (χ3n) is 5.62. The SMILES string of the molecule is COC(=O)c1c(NC(=O)c2cc(OC)cc(OC)c2)sc2c1CCN(Cc1ccccc1)C2. The number of benzene rings is 2. The minimum atomic E-state index is -0.442. The molecular formula is C25H26N2O5S. The molecule has 1 amide bonds. The van der Waals surface area contributed by atoms with Gasteiger partial charge in [-0.25, -0.2) is 4.79 Å². The topological polar surface area (TPSA) is 77.1 Å². The number of carbonyl (C=O) groups excluding carboxylic acids is 2. The number of nitrogens with zero attached hydrogens (tertiary/aromatic N) is 1. The Morgan fingerprint density at radius 1 is 1.03 bits per heavy atom. The Hall–Kier alpha value is -3.36. The van der Waals surface area contributed by atoms with Crippen LogP contribution in [0.2, 0.25) is 0 Å². The van der Waals surface area contributed by atoms with E-state index in [4.69, 9.17) is 14.2 Å². The van der Waals surface area contributed by atoms with Crippen molar-refractivity contribution < 1.29 is 23.8 Å². The quantitative estimate of drug-likeness (QED) is 0.522. The Morgan fingerprint density at radius 3 is 2.36 bits per heavy atom. The lowest BCUT2D eigenvalue weighted by Crippen LogP contribution is -2.29. The first-order valence-electron chi connectivity index (χ1n) is 10.6. The molecule has 0 atom stereocenters. The number of hydrogen-bond donors (Lipinski definition) is 1. The predicted molar refractivity (Wildman–Crippen MR) is 127 cm³/mol. The average molecular weight is 467 g/mol. The molecule has 0 fully saturated rings. The third kappa shape index (κ3) is 5.02. The lowest BCUT2D eigenvalue weighted by molar-refractivity contribution is 0.0600. The van der Waals surface area contributed by atoms with Crippen molar-refractivity contribution >= 4 is 28.2 Å². The molecule has 0 saturated carbocycles. The molecule has 0 saturated heterocycles. The summed E-state index contributed by atoms with van der Waals surface area (Å²) in [4.78, 5) is 29.1. The van der Waals surface area contributed by atoms with Gasteiger partial charge in [0.15, 0.2) is 0 Å². The van der Waals surface area contributed by atoms with Crippen molar-refractivity contribution in [2.45, 2.75) is 19.5 Å². The van der Waals surface area contributed by atoms with E-state index in [0.29, 0.717) is 40.6 Å². The summed E-state index contributed by atoms with van der Waals surface area (Å²) in [6.45, 7) is 2.36. The van der Waals surface area contributed by atoms with Crippen molar-refractivity contribution in [3.8, 4) is 11.5 Å². The Bertz CT molecular complexity index is 1140. The van der Waals surface area contributed by atoms with E-state index < -0.39 is 5.97 Å². The second-order valence-electron chi connectivity index (χ2n) is 7.70. The van der Waals surface area contributed by atoms with Gasteiger partial charge in [-0.1, -0.05) is 30.3 Å². The van der Waals surface area contributed by atoms with Crippen LogP contribution < -0.4 is 14.8 Å². The van der Waals surface area contributed by atoms with Gasteiger partial charge in [0, 0.05) is 36.1 Å². The molecule has 1 aliphatic heterocycles. The van der Waals surface area contributed by atoms with E-state index in [2.05, 4.69) is 22.3 Å². The van der Waals surface area contributed by atoms with Crippen LogP contribution in [0.15, 0.2) is 48.5 Å². The van der Waals surface area contributed by atoms with Crippen LogP contribution in [0.5, 0.6) is 11.5 Å². The number of fused-ring (bicyclic) bond motifs is 1. The Labute approximate surface area is 196 Å². The Balaban J connectivity index is 1.60. The molecule has 1 aliphatic rings. The summed E-state index contributed by atoms with van der Waals surface area (Å²) in [5.41, 5.74) is 3.01. The molecule has 4 rings (SSSR count). The van der Waals surface area contributed by atoms with Gasteiger partial charge >= 0.3 is 5.97 Å². The van der Waals surface area contributed by atoms with Gasteiger partial charge in [0.05, 0.1) is 26.9 Å². The number of amides is 1. The highest BCUT2D eigenvalue weighted by Gasteiger charge is 2.29. The van der Waals surface area contributed by atoms with E-state index in [9.17, 15) is 9.59 Å². The van der Waals surface area contributed by atoms with Gasteiger partial charge in [0.25, 0.3) is 5.91 Å². The fourth-order valence-corrected chi connectivity index (χ4v) is 5.23. The zero-order valence-corrected chi connectivity index (χ0v) is 19.7. The fraction of sp³-hybridized carbons (Fsp3) is 0.280. The second-order valence-corrected chi connectivity index (χ2v) is 8.81. The molecule has 2 aromatic carbocycles. The standard InChI is InChI=1S/C25H26N2O5S/c1-30-18-11-17(12-19(13-18)31-2)23(28)26-24-22(25(29)32-3)20-9-10-27(15-21(20)33-24)14-16-7-5-4-6-8-16/h4-8,11-13H,9-10,14-15H2,1-3H3,(H,26,28). The average Bonchev–Trinajstić information content (AvgIpc) is 3.20. The fourth-order valence-electron chi connectivity index (χ4n) is 3.95. The van der Waals surface area contributed by atoms with Crippen molar-refractivity contribution in [3.63, 3.8) is 0 Å². The van der Waals surface area contributed by atoms with Crippen molar-refractivity contribution in [1.82, 2.24) is 4.90 Å². The number of carbonyl (C=O) groups is 2. The number of thiophene rings is 1. The van der Waals surface area contributed by atoms with Gasteiger partial charge in [-0.15, -0.1) is 11.3 Å². The smallest absolute Gasteiger partial charge is 0.341 e. The maximum Gasteiger partial charge on any atom is 0.341 e. The van der Waals surface area contributed by atoms with E-state index >= 15 is 0 Å². The van der Waals surface area contributed by atoms with E-state index in [0.717, 1.165) is 23.5 Å². The minimum absolute atomic E-state index is 0.350. The monoisotopic (exact) mass is 466 g/mol. The second kappa shape index (κ2) is 10.1. The molecule has 0 radical (unpaired) electrons. The van der Waals surface area contributed by atoms with Crippen LogP contribution >= 0.6 is 11.3 Å². The van der Waals surface area contributed by atoms with Crippen LogP contribution in [-0.4, -0.2) is 44.7 Å². The Morgan fingerprint density at radius 2 is 1.73 bits per heavy atom. The largest absolute Gasteiger partial charge is 0.497 e. The van der Waals surface area contributed by atoms with Gasteiger partial charge < -0.3 is 19.5 Å². The van der Waals surface area contributed by atoms with Crippen LogP contribution in [-0.2, 0) is 24.2 Å². The zero-order valence-electron chi connectivity index (χ0n) is 18.8. The lowest BCUT2D eigenvalue weighted by atomic mass is 10.0. The number of ether oxygens (including phenoxy) is 3. The number of rotatable bonds is 7. The maximum absolute atomic E-state index is 13.1. The third-order valence-corrected chi connectivity index (χ3v) is 6.75. The summed E-state index contributed by atoms with van der Waals surface area (Å²) in [6.07, 6.45) is 0.714. The molecule has 2 heterocycles. The molecule has 3 aromatic rings. The molecule has 0 aliphatic carbocycles. The molecule has 0 bridgehead atoms. The maximum atomic E-state index is 13.1. The minimum Gasteiger partial charge on any atom is -0.497 e. The van der Waals surface area contributed by atoms with Crippen LogP contribution in [0.25, 0.3) is 0 Å². The van der Waals surface area contributed by atoms with E-state index in [1.807, 2.05) is 18.2 Å². The molecule has 7 nitrogen and oxygen atoms in total. The van der Waals surface area contributed by atoms with Crippen molar-refractivity contribution in [2.24, 2.45) is 0 Å². The molecule has 1 aromatic heterocycles. The number of nitrogens with one attached hydrogen (secondary N) is 1. The highest BCUT2D eigenvalue weighted by molar-refractivity contribution is 7.17. The van der Waals surface area contributed by atoms with Crippen molar-refractivity contribution in [3.05, 3.63) is 75.7 Å². The molecular weight excluding hydrogens is 440 g/mol. The summed E-state index contributed by atoms with van der Waals surface area (Å²) in [5.74, 6) is 0.226. The summed E-state index contributed by atoms with van der Waals surface area (Å²) >= 11 is 1.43. The first-order valence-corrected chi connectivity index (χ1v) is 11.4. The highest BCUT2D eigenvalue weighted by atomic mass is 32.1. The summed E-state index contributed by atoms with van der Waals surface area (Å²) in [5, 5.41) is 3.42. The lowest BCUT2D eigenvalue weighted by Gasteiger charge is -2.27. The molecule has 0 spiro atoms. The van der Waals surface area contributed by atoms with Gasteiger partial charge in [-0.05, 0) is 29.7 Å². The van der Waals surface area contributed by atoms with Crippen LogP contribution in [0.1, 0.15) is 36.7 Å². The van der Waals surface area contributed by atoms with Crippen molar-refractivity contribution in [2.75, 3.05) is 33.2 Å². The van der Waals surface area contributed by atoms with Gasteiger partial charge in [-0.2, -0.15) is 0 Å². The summed E-state index contributed by atoms with van der Waals surface area (Å²) < 4.78 is 15.6. The van der Waals surface area contributed by atoms with Crippen LogP contribution in [0.4, 0.5) is 5.00 Å². The summed E-state index contributed by atoms with van der Waals surface area (Å²) in [7, 11) is 4.41. The number of methoxy groups -OCH3 is 3. The number of anilines is 1. The van der Waals surface area contributed by atoms with Gasteiger partial charge in [-0.3, -0.25) is 9.69 Å². The number of hydrogen-bond acceptors (Lipinski definition) is 7. The zero-order chi connectivity index (χ0) is 23.4. The van der Waals surface area contributed by atoms with Crippen LogP contribution in [0, 0.1) is 0 Å². The van der Waals surface area contributed by atoms with Crippen LogP contribution in [0.3, 0.4) is 0 Å². The first kappa shape index (κ1) is 22.8. The Kier molecular flexibility index (Phi) is 6.96. The molecule has 33 heavy (non-hydrogen) atoms. The van der Waals surface area contributed by atoms with Crippen molar-refractivity contribution in [1.29, 1.82) is 0 Å². The molecule has 8 heteroatoms. The van der Waals surface area contributed by atoms with Gasteiger partial charge in [0.2, 0.25) is 0 Å². The normalized spacial score (nSPS) is 13.2. The predicted octanol–water partition coefficient (Wildman–Crippen LogP) is 4.36. The first-order chi connectivity index (χ1) is 16.0. The highest BCUT2D eigenvalue weighted by Crippen LogP contribution is 2.38. The number of esters is 1. The van der Waals surface area contributed by atoms with E-state index in [1.54, 1.807) is 18.2 Å². The molecule has 172 valence electrons. The molecule has 1 N–H and O–H groups in total. The molecule has 0 unspecified atom stereocenters. The summed E-state index contributed by atoms with van der Waals surface area (Å²) in [6, 6.07) is 15.2. The van der Waals surface area contributed by atoms with Gasteiger partial charge in [0.1, 0.15) is 16.5 Å². The van der Waals surface area contributed by atoms with E-state index in [1.165, 1.54) is 38.2 Å².